The van der Waals surface area contributed by atoms with Gasteiger partial charge < -0.3 is 10.1 Å². The molecule has 6 heteroatoms. The van der Waals surface area contributed by atoms with Crippen molar-refractivity contribution in [3.63, 3.8) is 0 Å². The Morgan fingerprint density at radius 1 is 1.56 bits per heavy atom. The number of ether oxygens (including phenoxy) is 1. The first-order valence-corrected chi connectivity index (χ1v) is 6.70. The van der Waals surface area contributed by atoms with Gasteiger partial charge in [-0.05, 0) is 20.1 Å². The quantitative estimate of drug-likeness (QED) is 0.485. The van der Waals surface area contributed by atoms with E-state index in [-0.39, 0.29) is 6.10 Å². The van der Waals surface area contributed by atoms with E-state index >= 15 is 0 Å². The number of nitrogens with one attached hydrogen (secondary N) is 1. The lowest BCUT2D eigenvalue weighted by molar-refractivity contribution is 0.0854. The fourth-order valence-electron chi connectivity index (χ4n) is 1.17. The number of halogens is 1. The lowest BCUT2D eigenvalue weighted by Gasteiger charge is -2.13. The van der Waals surface area contributed by atoms with Gasteiger partial charge in [0.15, 0.2) is 5.16 Å². The highest BCUT2D eigenvalue weighted by molar-refractivity contribution is 7.98. The minimum absolute atomic E-state index is 0.150. The molecule has 1 aromatic rings. The maximum atomic E-state index is 5.87. The number of aromatic nitrogens is 2. The maximum absolute atomic E-state index is 5.87. The minimum atomic E-state index is 0.150. The van der Waals surface area contributed by atoms with E-state index in [0.29, 0.717) is 23.5 Å². The molecule has 4 nitrogen and oxygen atoms in total. The highest BCUT2D eigenvalue weighted by Crippen LogP contribution is 2.17. The lowest BCUT2D eigenvalue weighted by Crippen LogP contribution is -2.20. The van der Waals surface area contributed by atoms with Gasteiger partial charge in [0.25, 0.3) is 0 Å². The predicted octanol–water partition coefficient (Wildman–Crippen LogP) is 2.69. The Morgan fingerprint density at radius 3 is 2.94 bits per heavy atom. The Kier molecular flexibility index (Phi) is 5.87. The normalized spacial score (nSPS) is 12.5. The molecule has 1 atom stereocenters. The third kappa shape index (κ3) is 4.55. The molecule has 0 spiro atoms. The molecule has 1 unspecified atom stereocenters. The molecule has 0 fully saturated rings. The first kappa shape index (κ1) is 13.5. The van der Waals surface area contributed by atoms with Crippen molar-refractivity contribution in [2.75, 3.05) is 24.7 Å². The van der Waals surface area contributed by atoms with Crippen LogP contribution in [0.1, 0.15) is 13.8 Å². The molecule has 1 rings (SSSR count). The summed E-state index contributed by atoms with van der Waals surface area (Å²) in [6, 6.07) is 1.71. The van der Waals surface area contributed by atoms with Crippen LogP contribution < -0.4 is 5.32 Å². The number of rotatable bonds is 6. The number of anilines is 1. The van der Waals surface area contributed by atoms with Crippen LogP contribution in [0.5, 0.6) is 0 Å². The largest absolute Gasteiger partial charge is 0.377 e. The van der Waals surface area contributed by atoms with Crippen molar-refractivity contribution in [1.29, 1.82) is 0 Å². The smallest absolute Gasteiger partial charge is 0.190 e. The van der Waals surface area contributed by atoms with Gasteiger partial charge in [-0.15, -0.1) is 0 Å². The molecule has 0 aliphatic rings. The Labute approximate surface area is 105 Å². The molecule has 1 heterocycles. The zero-order valence-electron chi connectivity index (χ0n) is 9.66. The van der Waals surface area contributed by atoms with Crippen molar-refractivity contribution < 1.29 is 4.74 Å². The van der Waals surface area contributed by atoms with Crippen LogP contribution in [0, 0.1) is 0 Å². The Morgan fingerprint density at radius 2 is 2.31 bits per heavy atom. The summed E-state index contributed by atoms with van der Waals surface area (Å²) < 4.78 is 5.41. The molecule has 0 saturated carbocycles. The average molecular weight is 262 g/mol. The first-order chi connectivity index (χ1) is 7.65. The van der Waals surface area contributed by atoms with Gasteiger partial charge in [0, 0.05) is 19.2 Å². The summed E-state index contributed by atoms with van der Waals surface area (Å²) in [5, 5.41) is 4.29. The highest BCUT2D eigenvalue weighted by atomic mass is 35.5. The second-order valence-corrected chi connectivity index (χ2v) is 4.37. The van der Waals surface area contributed by atoms with E-state index in [1.54, 1.807) is 6.07 Å². The summed E-state index contributed by atoms with van der Waals surface area (Å²) >= 11 is 7.33. The predicted molar refractivity (Wildman–Crippen MR) is 68.4 cm³/mol. The number of hydrogen-bond acceptors (Lipinski definition) is 5. The molecule has 0 aliphatic heterocycles. The molecular formula is C10H16ClN3OS. The van der Waals surface area contributed by atoms with Crippen LogP contribution in [0.2, 0.25) is 5.15 Å². The van der Waals surface area contributed by atoms with Crippen molar-refractivity contribution in [3.8, 4) is 0 Å². The van der Waals surface area contributed by atoms with E-state index < -0.39 is 0 Å². The van der Waals surface area contributed by atoms with Crippen LogP contribution in [0.25, 0.3) is 0 Å². The zero-order valence-corrected chi connectivity index (χ0v) is 11.2. The van der Waals surface area contributed by atoms with E-state index in [0.717, 1.165) is 5.82 Å². The zero-order chi connectivity index (χ0) is 12.0. The minimum Gasteiger partial charge on any atom is -0.377 e. The summed E-state index contributed by atoms with van der Waals surface area (Å²) in [4.78, 5) is 8.35. The van der Waals surface area contributed by atoms with Gasteiger partial charge in [-0.2, -0.15) is 0 Å². The number of hydrogen-bond donors (Lipinski definition) is 1. The fourth-order valence-corrected chi connectivity index (χ4v) is 1.78. The van der Waals surface area contributed by atoms with Crippen LogP contribution in [-0.2, 0) is 4.74 Å². The Hall–Kier alpha value is -0.520. The third-order valence-corrected chi connectivity index (χ3v) is 2.62. The van der Waals surface area contributed by atoms with Crippen LogP contribution >= 0.6 is 23.4 Å². The topological polar surface area (TPSA) is 47.0 Å². The second kappa shape index (κ2) is 6.93. The molecule has 0 amide bonds. The Bertz CT molecular complexity index is 338. The molecule has 90 valence electrons. The van der Waals surface area contributed by atoms with Crippen molar-refractivity contribution >= 4 is 29.2 Å². The van der Waals surface area contributed by atoms with Crippen LogP contribution in [0.3, 0.4) is 0 Å². The van der Waals surface area contributed by atoms with Crippen molar-refractivity contribution in [2.24, 2.45) is 0 Å². The van der Waals surface area contributed by atoms with Gasteiger partial charge in [0.05, 0.1) is 6.10 Å². The maximum Gasteiger partial charge on any atom is 0.190 e. The number of thioether (sulfide) groups is 1. The molecule has 0 saturated heterocycles. The van der Waals surface area contributed by atoms with E-state index in [2.05, 4.69) is 15.3 Å². The second-order valence-electron chi connectivity index (χ2n) is 3.21. The average Bonchev–Trinajstić information content (AvgIpc) is 2.26. The van der Waals surface area contributed by atoms with Gasteiger partial charge >= 0.3 is 0 Å². The SMILES string of the molecule is CCOC(C)CNc1cc(Cl)nc(SC)n1. The molecule has 1 N–H and O–H groups in total. The van der Waals surface area contributed by atoms with Crippen molar-refractivity contribution in [1.82, 2.24) is 9.97 Å². The summed E-state index contributed by atoms with van der Waals surface area (Å²) in [6.07, 6.45) is 2.06. The van der Waals surface area contributed by atoms with Gasteiger partial charge in [0.2, 0.25) is 0 Å². The molecule has 16 heavy (non-hydrogen) atoms. The molecule has 0 aromatic carbocycles. The standard InChI is InChI=1S/C10H16ClN3OS/c1-4-15-7(2)6-12-9-5-8(11)13-10(14-9)16-3/h5,7H,4,6H2,1-3H3,(H,12,13,14). The van der Waals surface area contributed by atoms with Crippen LogP contribution in [0.4, 0.5) is 5.82 Å². The summed E-state index contributed by atoms with van der Waals surface area (Å²) in [7, 11) is 0. The van der Waals surface area contributed by atoms with Gasteiger partial charge in [-0.1, -0.05) is 23.4 Å². The van der Waals surface area contributed by atoms with Gasteiger partial charge in [-0.3, -0.25) is 0 Å². The number of nitrogens with zero attached hydrogens (tertiary/aromatic N) is 2. The summed E-state index contributed by atoms with van der Waals surface area (Å²) in [6.45, 7) is 5.40. The first-order valence-electron chi connectivity index (χ1n) is 5.09. The lowest BCUT2D eigenvalue weighted by atomic mass is 10.4. The van der Waals surface area contributed by atoms with Crippen molar-refractivity contribution in [2.45, 2.75) is 25.1 Å². The van der Waals surface area contributed by atoms with E-state index in [1.807, 2.05) is 20.1 Å². The third-order valence-electron chi connectivity index (χ3n) is 1.88. The van der Waals surface area contributed by atoms with Crippen molar-refractivity contribution in [3.05, 3.63) is 11.2 Å². The summed E-state index contributed by atoms with van der Waals surface area (Å²) in [5.74, 6) is 0.732. The molecule has 0 radical (unpaired) electrons. The molecular weight excluding hydrogens is 246 g/mol. The van der Waals surface area contributed by atoms with Gasteiger partial charge in [0.1, 0.15) is 11.0 Å². The van der Waals surface area contributed by atoms with E-state index in [9.17, 15) is 0 Å². The monoisotopic (exact) mass is 261 g/mol. The van der Waals surface area contributed by atoms with Crippen LogP contribution in [-0.4, -0.2) is 35.5 Å². The van der Waals surface area contributed by atoms with E-state index in [4.69, 9.17) is 16.3 Å². The molecule has 1 aromatic heterocycles. The Balaban J connectivity index is 2.56. The van der Waals surface area contributed by atoms with Crippen LogP contribution in [0.15, 0.2) is 11.2 Å². The molecule has 0 aliphatic carbocycles. The fraction of sp³-hybridized carbons (Fsp3) is 0.600. The summed E-state index contributed by atoms with van der Waals surface area (Å²) in [5.41, 5.74) is 0. The molecule has 0 bridgehead atoms. The highest BCUT2D eigenvalue weighted by Gasteiger charge is 2.04. The van der Waals surface area contributed by atoms with E-state index in [1.165, 1.54) is 11.8 Å². The van der Waals surface area contributed by atoms with Gasteiger partial charge in [-0.25, -0.2) is 9.97 Å².